The molecular weight excluding hydrogens is 380 g/mol. The molecule has 0 aliphatic carbocycles. The van der Waals surface area contributed by atoms with E-state index in [4.69, 9.17) is 4.74 Å². The van der Waals surface area contributed by atoms with Crippen LogP contribution in [0, 0.1) is 11.8 Å². The molecule has 7 nitrogen and oxygen atoms in total. The summed E-state index contributed by atoms with van der Waals surface area (Å²) in [4.78, 5) is 25.7. The third kappa shape index (κ3) is 5.06. The van der Waals surface area contributed by atoms with Crippen LogP contribution >= 0.6 is 0 Å². The van der Waals surface area contributed by atoms with Crippen LogP contribution in [-0.4, -0.2) is 54.7 Å². The van der Waals surface area contributed by atoms with Gasteiger partial charge in [0.05, 0.1) is 19.3 Å². The molecule has 0 radical (unpaired) electrons. The molecule has 2 aromatic carbocycles. The monoisotopic (exact) mass is 402 g/mol. The van der Waals surface area contributed by atoms with Crippen molar-refractivity contribution in [2.24, 2.45) is 0 Å². The first-order chi connectivity index (χ1) is 14.5. The molecule has 0 saturated heterocycles. The molecule has 0 atom stereocenters. The Morgan fingerprint density at radius 3 is 2.60 bits per heavy atom. The third-order valence-corrected chi connectivity index (χ3v) is 4.30. The van der Waals surface area contributed by atoms with E-state index in [2.05, 4.69) is 27.4 Å². The van der Waals surface area contributed by atoms with Gasteiger partial charge in [-0.05, 0) is 42.5 Å². The molecule has 30 heavy (non-hydrogen) atoms. The van der Waals surface area contributed by atoms with Crippen LogP contribution < -0.4 is 10.1 Å². The highest BCUT2D eigenvalue weighted by Gasteiger charge is 2.11. The number of benzene rings is 2. The predicted octanol–water partition coefficient (Wildman–Crippen LogP) is 2.57. The van der Waals surface area contributed by atoms with Crippen LogP contribution in [-0.2, 0) is 0 Å². The topological polar surface area (TPSA) is 87.3 Å². The zero-order chi connectivity index (χ0) is 21.5. The molecule has 0 unspecified atom stereocenters. The highest BCUT2D eigenvalue weighted by molar-refractivity contribution is 5.94. The van der Waals surface area contributed by atoms with Crippen molar-refractivity contribution in [3.05, 3.63) is 71.4 Å². The van der Waals surface area contributed by atoms with Gasteiger partial charge in [-0.15, -0.1) is 0 Å². The fourth-order valence-electron chi connectivity index (χ4n) is 2.69. The number of hydrogen-bond acceptors (Lipinski definition) is 4. The molecular formula is C23H22N4O3. The summed E-state index contributed by atoms with van der Waals surface area (Å²) in [6.07, 6.45) is 0. The number of methoxy groups -OCH3 is 1. The first-order valence-corrected chi connectivity index (χ1v) is 9.26. The minimum atomic E-state index is -0.294. The Hall–Kier alpha value is -4.05. The van der Waals surface area contributed by atoms with Crippen LogP contribution in [0.1, 0.15) is 26.4 Å². The number of carbonyl (C=O) groups excluding carboxylic acids is 2. The number of nitrogens with zero attached hydrogens (tertiary/aromatic N) is 2. The maximum atomic E-state index is 12.3. The minimum Gasteiger partial charge on any atom is -0.497 e. The number of ether oxygens (including phenoxy) is 1. The van der Waals surface area contributed by atoms with Gasteiger partial charge >= 0.3 is 0 Å². The SMILES string of the molecule is COc1cccc(-c2cc(C(=O)NCC#Cc3ccc(C(=O)N(C)C)cc3)[nH]n2)c1. The summed E-state index contributed by atoms with van der Waals surface area (Å²) in [7, 11) is 5.01. The lowest BCUT2D eigenvalue weighted by Gasteiger charge is -2.09. The first kappa shape index (κ1) is 20.7. The fourth-order valence-corrected chi connectivity index (χ4v) is 2.69. The van der Waals surface area contributed by atoms with Crippen LogP contribution in [0.3, 0.4) is 0 Å². The van der Waals surface area contributed by atoms with Gasteiger partial charge in [0.2, 0.25) is 0 Å². The van der Waals surface area contributed by atoms with Crippen molar-refractivity contribution < 1.29 is 14.3 Å². The second-order valence-electron chi connectivity index (χ2n) is 6.66. The van der Waals surface area contributed by atoms with E-state index >= 15 is 0 Å². The molecule has 7 heteroatoms. The van der Waals surface area contributed by atoms with E-state index in [1.807, 2.05) is 24.3 Å². The van der Waals surface area contributed by atoms with Crippen LogP contribution in [0.25, 0.3) is 11.3 Å². The normalized spacial score (nSPS) is 9.97. The second-order valence-corrected chi connectivity index (χ2v) is 6.66. The Balaban J connectivity index is 1.57. The number of carbonyl (C=O) groups is 2. The smallest absolute Gasteiger partial charge is 0.270 e. The molecule has 0 bridgehead atoms. The fraction of sp³-hybridized carbons (Fsp3) is 0.174. The van der Waals surface area contributed by atoms with Gasteiger partial charge in [0.1, 0.15) is 11.4 Å². The van der Waals surface area contributed by atoms with Crippen molar-refractivity contribution in [1.82, 2.24) is 20.4 Å². The molecule has 2 amide bonds. The highest BCUT2D eigenvalue weighted by Crippen LogP contribution is 2.22. The summed E-state index contributed by atoms with van der Waals surface area (Å²) in [5, 5.41) is 9.66. The average Bonchev–Trinajstić information content (AvgIpc) is 3.27. The van der Waals surface area contributed by atoms with Gasteiger partial charge in [-0.3, -0.25) is 14.7 Å². The third-order valence-electron chi connectivity index (χ3n) is 4.30. The zero-order valence-electron chi connectivity index (χ0n) is 17.0. The van der Waals surface area contributed by atoms with Gasteiger partial charge in [0, 0.05) is 30.8 Å². The molecule has 2 N–H and O–H groups in total. The standard InChI is InChI=1S/C23H22N4O3/c1-27(2)23(29)17-11-9-16(10-12-17)6-5-13-24-22(28)21-15-20(25-26-21)18-7-4-8-19(14-18)30-3/h4,7-12,14-15H,13H2,1-3H3,(H,24,28)(H,25,26). The van der Waals surface area contributed by atoms with Crippen LogP contribution in [0.4, 0.5) is 0 Å². The Kier molecular flexibility index (Phi) is 6.50. The highest BCUT2D eigenvalue weighted by atomic mass is 16.5. The lowest BCUT2D eigenvalue weighted by atomic mass is 10.1. The van der Waals surface area contributed by atoms with Crippen LogP contribution in [0.2, 0.25) is 0 Å². The lowest BCUT2D eigenvalue weighted by Crippen LogP contribution is -2.23. The van der Waals surface area contributed by atoms with Gasteiger partial charge < -0.3 is 15.0 Å². The van der Waals surface area contributed by atoms with E-state index in [9.17, 15) is 9.59 Å². The van der Waals surface area contributed by atoms with Gasteiger partial charge in [-0.2, -0.15) is 5.10 Å². The van der Waals surface area contributed by atoms with Crippen molar-refractivity contribution in [2.45, 2.75) is 0 Å². The Labute approximate surface area is 175 Å². The molecule has 152 valence electrons. The van der Waals surface area contributed by atoms with Gasteiger partial charge in [0.25, 0.3) is 11.8 Å². The molecule has 0 aliphatic heterocycles. The molecule has 0 fully saturated rings. The van der Waals surface area contributed by atoms with E-state index in [-0.39, 0.29) is 18.4 Å². The van der Waals surface area contributed by atoms with E-state index in [1.165, 1.54) is 4.90 Å². The molecule has 0 saturated carbocycles. The molecule has 3 aromatic rings. The summed E-state index contributed by atoms with van der Waals surface area (Å²) in [6.45, 7) is 0.185. The quantitative estimate of drug-likeness (QED) is 0.642. The number of aromatic nitrogens is 2. The van der Waals surface area contributed by atoms with Crippen molar-refractivity contribution in [3.8, 4) is 28.8 Å². The molecule has 3 rings (SSSR count). The number of amides is 2. The van der Waals surface area contributed by atoms with E-state index in [0.29, 0.717) is 17.0 Å². The lowest BCUT2D eigenvalue weighted by molar-refractivity contribution is 0.0827. The van der Waals surface area contributed by atoms with Crippen molar-refractivity contribution in [3.63, 3.8) is 0 Å². The molecule has 1 aromatic heterocycles. The Morgan fingerprint density at radius 2 is 1.90 bits per heavy atom. The van der Waals surface area contributed by atoms with Crippen LogP contribution in [0.5, 0.6) is 5.75 Å². The first-order valence-electron chi connectivity index (χ1n) is 9.26. The number of nitrogens with one attached hydrogen (secondary N) is 2. The number of hydrogen-bond donors (Lipinski definition) is 2. The average molecular weight is 402 g/mol. The van der Waals surface area contributed by atoms with Gasteiger partial charge in [-0.1, -0.05) is 24.0 Å². The summed E-state index contributed by atoms with van der Waals surface area (Å²) in [5.41, 5.74) is 3.21. The number of aromatic amines is 1. The predicted molar refractivity (Wildman–Crippen MR) is 114 cm³/mol. The summed E-state index contributed by atoms with van der Waals surface area (Å²) >= 11 is 0. The number of H-pyrrole nitrogens is 1. The Morgan fingerprint density at radius 1 is 1.13 bits per heavy atom. The maximum absolute atomic E-state index is 12.3. The summed E-state index contributed by atoms with van der Waals surface area (Å²) < 4.78 is 5.21. The van der Waals surface area contributed by atoms with Gasteiger partial charge in [-0.25, -0.2) is 0 Å². The minimum absolute atomic E-state index is 0.0605. The van der Waals surface area contributed by atoms with Crippen LogP contribution in [0.15, 0.2) is 54.6 Å². The second kappa shape index (κ2) is 9.43. The molecule has 0 spiro atoms. The summed E-state index contributed by atoms with van der Waals surface area (Å²) in [6, 6.07) is 16.1. The Bertz CT molecular complexity index is 1110. The molecule has 1 heterocycles. The van der Waals surface area contributed by atoms with E-state index < -0.39 is 0 Å². The largest absolute Gasteiger partial charge is 0.497 e. The maximum Gasteiger partial charge on any atom is 0.270 e. The molecule has 0 aliphatic rings. The van der Waals surface area contributed by atoms with Crippen molar-refractivity contribution in [1.29, 1.82) is 0 Å². The summed E-state index contributed by atoms with van der Waals surface area (Å²) in [5.74, 6) is 6.22. The van der Waals surface area contributed by atoms with Crippen molar-refractivity contribution >= 4 is 11.8 Å². The van der Waals surface area contributed by atoms with E-state index in [1.54, 1.807) is 51.5 Å². The number of rotatable bonds is 5. The van der Waals surface area contributed by atoms with E-state index in [0.717, 1.165) is 16.9 Å². The van der Waals surface area contributed by atoms with Crippen molar-refractivity contribution in [2.75, 3.05) is 27.7 Å². The van der Waals surface area contributed by atoms with Gasteiger partial charge in [0.15, 0.2) is 0 Å². The zero-order valence-corrected chi connectivity index (χ0v) is 17.0.